The first kappa shape index (κ1) is 23.3. The fourth-order valence-corrected chi connectivity index (χ4v) is 4.24. The fraction of sp³-hybridized carbons (Fsp3) is 0.154. The Bertz CT molecular complexity index is 1270. The molecule has 1 fully saturated rings. The van der Waals surface area contributed by atoms with Crippen LogP contribution in [-0.2, 0) is 16.1 Å². The number of Topliss-reactive ketones (excluding diaryl/α,β-unsaturated/α-hetero) is 1. The molecule has 1 aliphatic heterocycles. The number of halogens is 2. The lowest BCUT2D eigenvalue weighted by Gasteiger charge is -2.25. The van der Waals surface area contributed by atoms with Gasteiger partial charge in [0.15, 0.2) is 0 Å². The van der Waals surface area contributed by atoms with Crippen LogP contribution in [-0.4, -0.2) is 35.9 Å². The Balaban J connectivity index is 1.89. The minimum atomic E-state index is -0.878. The van der Waals surface area contributed by atoms with Crippen molar-refractivity contribution in [3.63, 3.8) is 0 Å². The molecular formula is C26H21ClFNO5. The maximum Gasteiger partial charge on any atom is 0.295 e. The van der Waals surface area contributed by atoms with Gasteiger partial charge < -0.3 is 19.5 Å². The number of ketones is 1. The van der Waals surface area contributed by atoms with E-state index in [0.717, 1.165) is 0 Å². The molecule has 1 atom stereocenters. The normalized spacial score (nSPS) is 17.2. The molecule has 0 radical (unpaired) electrons. The van der Waals surface area contributed by atoms with Crippen LogP contribution < -0.4 is 9.47 Å². The first-order chi connectivity index (χ1) is 16.3. The van der Waals surface area contributed by atoms with Crippen LogP contribution in [0.15, 0.2) is 72.3 Å². The van der Waals surface area contributed by atoms with E-state index in [4.69, 9.17) is 21.1 Å². The summed E-state index contributed by atoms with van der Waals surface area (Å²) in [4.78, 5) is 27.7. The van der Waals surface area contributed by atoms with Crippen molar-refractivity contribution in [2.75, 3.05) is 14.2 Å². The van der Waals surface area contributed by atoms with E-state index in [2.05, 4.69) is 0 Å². The van der Waals surface area contributed by atoms with Crippen molar-refractivity contribution in [3.8, 4) is 11.5 Å². The number of carbonyl (C=O) groups excluding carboxylic acids is 2. The smallest absolute Gasteiger partial charge is 0.295 e. The van der Waals surface area contributed by atoms with Gasteiger partial charge in [-0.15, -0.1) is 0 Å². The number of amides is 1. The highest BCUT2D eigenvalue weighted by atomic mass is 35.5. The van der Waals surface area contributed by atoms with Crippen molar-refractivity contribution in [2.45, 2.75) is 12.6 Å². The van der Waals surface area contributed by atoms with Crippen molar-refractivity contribution < 1.29 is 28.6 Å². The zero-order valence-electron chi connectivity index (χ0n) is 18.4. The number of aliphatic hydroxyl groups is 1. The summed E-state index contributed by atoms with van der Waals surface area (Å²) in [5, 5.41) is 11.5. The van der Waals surface area contributed by atoms with Gasteiger partial charge in [-0.3, -0.25) is 9.59 Å². The second-order valence-electron chi connectivity index (χ2n) is 7.65. The maximum absolute atomic E-state index is 13.4. The van der Waals surface area contributed by atoms with Crippen molar-refractivity contribution in [1.82, 2.24) is 4.90 Å². The van der Waals surface area contributed by atoms with Crippen LogP contribution in [0.4, 0.5) is 4.39 Å². The first-order valence-corrected chi connectivity index (χ1v) is 10.7. The Kier molecular flexibility index (Phi) is 6.56. The molecule has 4 rings (SSSR count). The summed E-state index contributed by atoms with van der Waals surface area (Å²) in [6.45, 7) is 0.0434. The van der Waals surface area contributed by atoms with E-state index in [1.807, 2.05) is 6.07 Å². The average Bonchev–Trinajstić information content (AvgIpc) is 3.10. The van der Waals surface area contributed by atoms with Gasteiger partial charge in [0.25, 0.3) is 11.7 Å². The number of likely N-dealkylation sites (tertiary alicyclic amines) is 1. The molecular weight excluding hydrogens is 461 g/mol. The van der Waals surface area contributed by atoms with Gasteiger partial charge in [0, 0.05) is 12.6 Å². The SMILES string of the molecule is COc1cc(OC)c(/C(O)=C2\C(=O)C(=O)N(Cc3ccc(F)cc3)C2c2ccccc2)cc1Cl. The zero-order valence-corrected chi connectivity index (χ0v) is 19.2. The maximum atomic E-state index is 13.4. The zero-order chi connectivity index (χ0) is 24.4. The number of hydrogen-bond donors (Lipinski definition) is 1. The third-order valence-electron chi connectivity index (χ3n) is 5.65. The molecule has 3 aromatic rings. The summed E-state index contributed by atoms with van der Waals surface area (Å²) < 4.78 is 24.0. The first-order valence-electron chi connectivity index (χ1n) is 10.4. The largest absolute Gasteiger partial charge is 0.507 e. The predicted octanol–water partition coefficient (Wildman–Crippen LogP) is 5.12. The Labute approximate surface area is 200 Å². The third kappa shape index (κ3) is 4.22. The number of aliphatic hydroxyl groups excluding tert-OH is 1. The highest BCUT2D eigenvalue weighted by molar-refractivity contribution is 6.46. The van der Waals surface area contributed by atoms with Gasteiger partial charge in [0.2, 0.25) is 0 Å². The van der Waals surface area contributed by atoms with E-state index in [0.29, 0.717) is 16.9 Å². The molecule has 1 N–H and O–H groups in total. The van der Waals surface area contributed by atoms with E-state index in [1.165, 1.54) is 43.4 Å². The third-order valence-corrected chi connectivity index (χ3v) is 5.95. The molecule has 0 aromatic heterocycles. The number of rotatable bonds is 6. The van der Waals surface area contributed by atoms with E-state index < -0.39 is 29.3 Å². The highest BCUT2D eigenvalue weighted by Gasteiger charge is 2.46. The quantitative estimate of drug-likeness (QED) is 0.300. The van der Waals surface area contributed by atoms with Gasteiger partial charge in [-0.05, 0) is 29.3 Å². The van der Waals surface area contributed by atoms with E-state index in [-0.39, 0.29) is 28.5 Å². The van der Waals surface area contributed by atoms with Crippen LogP contribution in [0, 0.1) is 5.82 Å². The molecule has 0 spiro atoms. The number of benzene rings is 3. The Morgan fingerprint density at radius 3 is 2.26 bits per heavy atom. The molecule has 0 aliphatic carbocycles. The van der Waals surface area contributed by atoms with Crippen LogP contribution >= 0.6 is 11.6 Å². The molecule has 6 nitrogen and oxygen atoms in total. The van der Waals surface area contributed by atoms with Crippen LogP contribution in [0.1, 0.15) is 22.7 Å². The van der Waals surface area contributed by atoms with Crippen LogP contribution in [0.25, 0.3) is 5.76 Å². The lowest BCUT2D eigenvalue weighted by atomic mass is 9.95. The lowest BCUT2D eigenvalue weighted by Crippen LogP contribution is -2.29. The Morgan fingerprint density at radius 2 is 1.65 bits per heavy atom. The van der Waals surface area contributed by atoms with Crippen molar-refractivity contribution in [2.24, 2.45) is 0 Å². The summed E-state index contributed by atoms with van der Waals surface area (Å²) in [5.41, 5.74) is 1.31. The monoisotopic (exact) mass is 481 g/mol. The standard InChI is InChI=1S/C26H21ClFNO5/c1-33-20-13-21(34-2)19(27)12-18(20)24(30)22-23(16-6-4-3-5-7-16)29(26(32)25(22)31)14-15-8-10-17(28)11-9-15/h3-13,23,30H,14H2,1-2H3/b24-22+. The summed E-state index contributed by atoms with van der Waals surface area (Å²) in [6, 6.07) is 16.6. The minimum absolute atomic E-state index is 0.0434. The molecule has 174 valence electrons. The average molecular weight is 482 g/mol. The lowest BCUT2D eigenvalue weighted by molar-refractivity contribution is -0.140. The van der Waals surface area contributed by atoms with Crippen LogP contribution in [0.5, 0.6) is 11.5 Å². The molecule has 1 aliphatic rings. The second kappa shape index (κ2) is 9.57. The molecule has 1 saturated heterocycles. The molecule has 34 heavy (non-hydrogen) atoms. The molecule has 1 heterocycles. The van der Waals surface area contributed by atoms with E-state index in [1.54, 1.807) is 36.4 Å². The Morgan fingerprint density at radius 1 is 1.00 bits per heavy atom. The van der Waals surface area contributed by atoms with Gasteiger partial charge in [0.05, 0.1) is 36.4 Å². The molecule has 3 aromatic carbocycles. The number of hydrogen-bond acceptors (Lipinski definition) is 5. The van der Waals surface area contributed by atoms with Crippen molar-refractivity contribution in [3.05, 3.63) is 99.8 Å². The second-order valence-corrected chi connectivity index (χ2v) is 8.06. The van der Waals surface area contributed by atoms with E-state index in [9.17, 15) is 19.1 Å². The molecule has 0 saturated carbocycles. The van der Waals surface area contributed by atoms with Gasteiger partial charge in [-0.25, -0.2) is 4.39 Å². The highest BCUT2D eigenvalue weighted by Crippen LogP contribution is 2.43. The van der Waals surface area contributed by atoms with E-state index >= 15 is 0 Å². The van der Waals surface area contributed by atoms with Crippen LogP contribution in [0.3, 0.4) is 0 Å². The summed E-state index contributed by atoms with van der Waals surface area (Å²) >= 11 is 6.27. The fourth-order valence-electron chi connectivity index (χ4n) is 4.00. The molecule has 8 heteroatoms. The van der Waals surface area contributed by atoms with Crippen molar-refractivity contribution >= 4 is 29.1 Å². The molecule has 0 bridgehead atoms. The predicted molar refractivity (Wildman–Crippen MR) is 125 cm³/mol. The summed E-state index contributed by atoms with van der Waals surface area (Å²) in [6.07, 6.45) is 0. The van der Waals surface area contributed by atoms with Crippen molar-refractivity contribution in [1.29, 1.82) is 0 Å². The van der Waals surface area contributed by atoms with Crippen LogP contribution in [0.2, 0.25) is 5.02 Å². The summed E-state index contributed by atoms with van der Waals surface area (Å²) in [5.74, 6) is -1.91. The number of ether oxygens (including phenoxy) is 2. The summed E-state index contributed by atoms with van der Waals surface area (Å²) in [7, 11) is 2.85. The molecule has 1 amide bonds. The van der Waals surface area contributed by atoms with Gasteiger partial charge in [-0.2, -0.15) is 0 Å². The van der Waals surface area contributed by atoms with Gasteiger partial charge in [0.1, 0.15) is 23.1 Å². The number of methoxy groups -OCH3 is 2. The number of nitrogens with zero attached hydrogens (tertiary/aromatic N) is 1. The minimum Gasteiger partial charge on any atom is -0.507 e. The number of carbonyl (C=O) groups is 2. The Hall–Kier alpha value is -3.84. The van der Waals surface area contributed by atoms with Gasteiger partial charge >= 0.3 is 0 Å². The molecule has 1 unspecified atom stereocenters. The topological polar surface area (TPSA) is 76.1 Å². The van der Waals surface area contributed by atoms with Gasteiger partial charge in [-0.1, -0.05) is 54.1 Å².